The minimum absolute atomic E-state index is 0.0812. The Kier molecular flexibility index (Phi) is 7.29. The molecule has 3 unspecified atom stereocenters. The van der Waals surface area contributed by atoms with Crippen LogP contribution in [0.15, 0.2) is 48.5 Å². The number of nitrogens with two attached hydrogens (primary N) is 1. The minimum Gasteiger partial charge on any atom is -0.474 e. The lowest BCUT2D eigenvalue weighted by atomic mass is 9.92. The van der Waals surface area contributed by atoms with Crippen molar-refractivity contribution < 1.29 is 9.53 Å². The molecule has 1 heterocycles. The van der Waals surface area contributed by atoms with E-state index in [1.807, 2.05) is 24.3 Å². The van der Waals surface area contributed by atoms with Crippen molar-refractivity contribution in [2.24, 2.45) is 11.7 Å². The summed E-state index contributed by atoms with van der Waals surface area (Å²) >= 11 is 0. The summed E-state index contributed by atoms with van der Waals surface area (Å²) in [5.74, 6) is 0.789. The summed E-state index contributed by atoms with van der Waals surface area (Å²) in [5, 5.41) is 0. The van der Waals surface area contributed by atoms with Gasteiger partial charge in [0.25, 0.3) is 0 Å². The third-order valence-electron chi connectivity index (χ3n) is 5.96. The Balaban J connectivity index is 1.89. The van der Waals surface area contributed by atoms with Gasteiger partial charge in [-0.05, 0) is 38.0 Å². The van der Waals surface area contributed by atoms with Gasteiger partial charge in [-0.1, -0.05) is 37.3 Å². The Morgan fingerprint density at radius 2 is 1.90 bits per heavy atom. The maximum Gasteiger partial charge on any atom is 0.157 e. The van der Waals surface area contributed by atoms with Crippen molar-refractivity contribution >= 4 is 12.0 Å². The molecular weight excluding hydrogens is 362 g/mol. The first-order chi connectivity index (χ1) is 14.1. The number of nitrogens with zero attached hydrogens (tertiary/aromatic N) is 2. The molecule has 2 N–H and O–H groups in total. The van der Waals surface area contributed by atoms with E-state index in [1.165, 1.54) is 5.56 Å². The molecule has 0 radical (unpaired) electrons. The van der Waals surface area contributed by atoms with Crippen LogP contribution in [-0.4, -0.2) is 43.1 Å². The lowest BCUT2D eigenvalue weighted by Gasteiger charge is -2.43. The molecule has 3 rings (SSSR count). The van der Waals surface area contributed by atoms with E-state index >= 15 is 0 Å². The first-order valence-corrected chi connectivity index (χ1v) is 10.6. The van der Waals surface area contributed by atoms with Gasteiger partial charge in [-0.3, -0.25) is 9.69 Å². The van der Waals surface area contributed by atoms with E-state index in [4.69, 9.17) is 10.5 Å². The molecule has 1 saturated heterocycles. The smallest absolute Gasteiger partial charge is 0.157 e. The van der Waals surface area contributed by atoms with Gasteiger partial charge in [0.1, 0.15) is 5.75 Å². The zero-order chi connectivity index (χ0) is 20.8. The maximum absolute atomic E-state index is 11.7. The zero-order valence-corrected chi connectivity index (χ0v) is 17.8. The number of anilines is 1. The number of benzene rings is 2. The molecule has 3 atom stereocenters. The average Bonchev–Trinajstić information content (AvgIpc) is 2.75. The molecule has 0 aromatic heterocycles. The van der Waals surface area contributed by atoms with Crippen molar-refractivity contribution in [3.63, 3.8) is 0 Å². The monoisotopic (exact) mass is 395 g/mol. The second kappa shape index (κ2) is 9.90. The normalized spacial score (nSPS) is 22.3. The first-order valence-electron chi connectivity index (χ1n) is 10.6. The van der Waals surface area contributed by atoms with Gasteiger partial charge in [-0.25, -0.2) is 0 Å². The molecule has 29 heavy (non-hydrogen) atoms. The quantitative estimate of drug-likeness (QED) is 0.687. The number of piperidine rings is 1. The number of carbonyl (C=O) groups is 1. The van der Waals surface area contributed by atoms with Gasteiger partial charge in [0.05, 0.1) is 5.56 Å². The van der Waals surface area contributed by atoms with E-state index in [-0.39, 0.29) is 18.2 Å². The van der Waals surface area contributed by atoms with Crippen LogP contribution in [0.5, 0.6) is 5.75 Å². The average molecular weight is 396 g/mol. The molecule has 0 saturated carbocycles. The SMILES string of the molecule is CCN(CC)c1ccc(C=O)c(OC2C(C)C(N)CCN2Cc2ccccc2)c1. The first kappa shape index (κ1) is 21.3. The second-order valence-electron chi connectivity index (χ2n) is 7.79. The van der Waals surface area contributed by atoms with Crippen LogP contribution in [0.25, 0.3) is 0 Å². The Labute approximate surface area is 174 Å². The Morgan fingerprint density at radius 3 is 2.55 bits per heavy atom. The molecule has 0 spiro atoms. The van der Waals surface area contributed by atoms with Crippen molar-refractivity contribution in [3.05, 3.63) is 59.7 Å². The Bertz CT molecular complexity index is 792. The minimum atomic E-state index is -0.176. The summed E-state index contributed by atoms with van der Waals surface area (Å²) in [6.45, 7) is 9.87. The van der Waals surface area contributed by atoms with Crippen molar-refractivity contribution in [2.45, 2.75) is 46.0 Å². The van der Waals surface area contributed by atoms with Gasteiger partial charge >= 0.3 is 0 Å². The highest BCUT2D eigenvalue weighted by Gasteiger charge is 2.35. The third kappa shape index (κ3) is 4.98. The van der Waals surface area contributed by atoms with Crippen molar-refractivity contribution in [2.75, 3.05) is 24.5 Å². The fourth-order valence-corrected chi connectivity index (χ4v) is 4.06. The van der Waals surface area contributed by atoms with Crippen LogP contribution in [0.3, 0.4) is 0 Å². The number of hydrogen-bond acceptors (Lipinski definition) is 5. The predicted octanol–water partition coefficient (Wildman–Crippen LogP) is 3.92. The van der Waals surface area contributed by atoms with Crippen LogP contribution in [0, 0.1) is 5.92 Å². The number of aldehydes is 1. The number of ether oxygens (including phenoxy) is 1. The molecule has 5 heteroatoms. The highest BCUT2D eigenvalue weighted by Crippen LogP contribution is 2.31. The molecule has 2 aromatic carbocycles. The number of hydrogen-bond donors (Lipinski definition) is 1. The van der Waals surface area contributed by atoms with Crippen LogP contribution >= 0.6 is 0 Å². The zero-order valence-electron chi connectivity index (χ0n) is 17.8. The van der Waals surface area contributed by atoms with E-state index in [0.717, 1.165) is 44.6 Å². The lowest BCUT2D eigenvalue weighted by molar-refractivity contribution is -0.0540. The van der Waals surface area contributed by atoms with Crippen molar-refractivity contribution in [1.82, 2.24) is 4.90 Å². The highest BCUT2D eigenvalue weighted by molar-refractivity contribution is 5.80. The standard InChI is InChI=1S/C24H33N3O2/c1-4-26(5-2)21-12-11-20(17-28)23(15-21)29-24-18(3)22(25)13-14-27(24)16-19-9-7-6-8-10-19/h6-12,15,17-18,22,24H,4-5,13-14,16,25H2,1-3H3. The summed E-state index contributed by atoms with van der Waals surface area (Å²) in [6, 6.07) is 16.3. The molecule has 0 bridgehead atoms. The fraction of sp³-hybridized carbons (Fsp3) is 0.458. The van der Waals surface area contributed by atoms with Gasteiger partial charge in [0.15, 0.2) is 12.5 Å². The third-order valence-corrected chi connectivity index (χ3v) is 5.96. The van der Waals surface area contributed by atoms with Crippen LogP contribution < -0.4 is 15.4 Å². The van der Waals surface area contributed by atoms with Crippen LogP contribution in [0.2, 0.25) is 0 Å². The summed E-state index contributed by atoms with van der Waals surface area (Å²) in [7, 11) is 0. The van der Waals surface area contributed by atoms with Crippen LogP contribution in [0.1, 0.15) is 43.1 Å². The topological polar surface area (TPSA) is 58.8 Å². The van der Waals surface area contributed by atoms with Crippen LogP contribution in [0.4, 0.5) is 5.69 Å². The molecule has 1 fully saturated rings. The summed E-state index contributed by atoms with van der Waals surface area (Å²) < 4.78 is 6.51. The predicted molar refractivity (Wildman–Crippen MR) is 118 cm³/mol. The van der Waals surface area contributed by atoms with Gasteiger partial charge in [0, 0.05) is 49.9 Å². The Hall–Kier alpha value is -2.37. The highest BCUT2D eigenvalue weighted by atomic mass is 16.5. The van der Waals surface area contributed by atoms with E-state index in [9.17, 15) is 4.79 Å². The van der Waals surface area contributed by atoms with E-state index in [1.54, 1.807) is 0 Å². The number of carbonyl (C=O) groups excluding carboxylic acids is 1. The summed E-state index contributed by atoms with van der Waals surface area (Å²) in [5.41, 5.74) is 9.28. The largest absolute Gasteiger partial charge is 0.474 e. The van der Waals surface area contributed by atoms with Crippen molar-refractivity contribution in [1.29, 1.82) is 0 Å². The maximum atomic E-state index is 11.7. The van der Waals surface area contributed by atoms with E-state index in [0.29, 0.717) is 11.3 Å². The summed E-state index contributed by atoms with van der Waals surface area (Å²) in [4.78, 5) is 16.3. The van der Waals surface area contributed by atoms with Gasteiger partial charge < -0.3 is 15.4 Å². The Morgan fingerprint density at radius 1 is 1.17 bits per heavy atom. The van der Waals surface area contributed by atoms with E-state index in [2.05, 4.69) is 54.8 Å². The molecule has 1 aliphatic heterocycles. The summed E-state index contributed by atoms with van der Waals surface area (Å²) in [6.07, 6.45) is 1.63. The number of rotatable bonds is 8. The van der Waals surface area contributed by atoms with Crippen LogP contribution in [-0.2, 0) is 6.54 Å². The molecular formula is C24H33N3O2. The fourth-order valence-electron chi connectivity index (χ4n) is 4.06. The molecule has 5 nitrogen and oxygen atoms in total. The molecule has 2 aromatic rings. The van der Waals surface area contributed by atoms with Gasteiger partial charge in [-0.15, -0.1) is 0 Å². The van der Waals surface area contributed by atoms with Crippen molar-refractivity contribution in [3.8, 4) is 5.75 Å². The molecule has 0 aliphatic carbocycles. The second-order valence-corrected chi connectivity index (χ2v) is 7.79. The molecule has 156 valence electrons. The number of likely N-dealkylation sites (tertiary alicyclic amines) is 1. The van der Waals surface area contributed by atoms with Gasteiger partial charge in [0.2, 0.25) is 0 Å². The molecule has 1 aliphatic rings. The van der Waals surface area contributed by atoms with E-state index < -0.39 is 0 Å². The lowest BCUT2D eigenvalue weighted by Crippen LogP contribution is -2.55. The molecule has 0 amide bonds. The van der Waals surface area contributed by atoms with Gasteiger partial charge in [-0.2, -0.15) is 0 Å².